The molecule has 0 aliphatic heterocycles. The summed E-state index contributed by atoms with van der Waals surface area (Å²) in [7, 11) is 0. The molecule has 45 heavy (non-hydrogen) atoms. The van der Waals surface area contributed by atoms with Crippen LogP contribution in [0.5, 0.6) is 0 Å². The molecule has 6 aromatic rings. The molecule has 0 aliphatic carbocycles. The van der Waals surface area contributed by atoms with E-state index >= 15 is 0 Å². The number of fused-ring (bicyclic) bond motifs is 3. The van der Waals surface area contributed by atoms with Gasteiger partial charge in [-0.25, -0.2) is 31.7 Å². The zero-order valence-corrected chi connectivity index (χ0v) is 25.7. The van der Waals surface area contributed by atoms with Crippen molar-refractivity contribution in [1.82, 2.24) is 9.55 Å². The maximum Gasteiger partial charge on any atom is 0.345 e. The number of hydrogen-bond acceptors (Lipinski definition) is 3. The zero-order chi connectivity index (χ0) is 32.2. The number of carbonyl (C=O) groups is 1. The number of pyridine rings is 1. The van der Waals surface area contributed by atoms with E-state index in [-0.39, 0.29) is 5.41 Å². The average Bonchev–Trinajstić information content (AvgIpc) is 3.35. The van der Waals surface area contributed by atoms with Crippen molar-refractivity contribution in [3.05, 3.63) is 141 Å². The molecular weight excluding hydrogens is 655 g/mol. The molecule has 4 aromatic carbocycles. The Hall–Kier alpha value is -4.57. The van der Waals surface area contributed by atoms with Crippen molar-refractivity contribution in [1.29, 1.82) is 0 Å². The summed E-state index contributed by atoms with van der Waals surface area (Å²) in [5, 5.41) is 1.79. The number of benzene rings is 4. The molecule has 2 aromatic heterocycles. The minimum Gasteiger partial charge on any atom is -0.449 e. The first-order valence-electron chi connectivity index (χ1n) is 13.8. The van der Waals surface area contributed by atoms with Crippen LogP contribution in [0, 0.1) is 29.1 Å². The molecule has 0 spiro atoms. The molecular formula is C35H24BrF5N2O2. The lowest BCUT2D eigenvalue weighted by molar-refractivity contribution is 0.0363. The second-order valence-electron chi connectivity index (χ2n) is 11.6. The minimum atomic E-state index is -2.37. The van der Waals surface area contributed by atoms with Crippen molar-refractivity contribution >= 4 is 43.7 Å². The number of halogens is 6. The summed E-state index contributed by atoms with van der Waals surface area (Å²) in [5.74, 6) is -12.5. The van der Waals surface area contributed by atoms with E-state index in [1.54, 1.807) is 42.6 Å². The van der Waals surface area contributed by atoms with Crippen LogP contribution in [0.15, 0.2) is 89.5 Å². The van der Waals surface area contributed by atoms with Crippen LogP contribution in [0.1, 0.15) is 53.9 Å². The molecule has 4 nitrogen and oxygen atoms in total. The normalized spacial score (nSPS) is 12.6. The molecule has 0 fully saturated rings. The molecule has 2 heterocycles. The molecule has 10 heteroatoms. The Morgan fingerprint density at radius 3 is 2.09 bits per heavy atom. The predicted molar refractivity (Wildman–Crippen MR) is 165 cm³/mol. The monoisotopic (exact) mass is 678 g/mol. The highest BCUT2D eigenvalue weighted by atomic mass is 79.9. The number of nitrogens with zero attached hydrogens (tertiary/aromatic N) is 2. The van der Waals surface area contributed by atoms with Crippen molar-refractivity contribution in [2.24, 2.45) is 0 Å². The Kier molecular flexibility index (Phi) is 7.72. The van der Waals surface area contributed by atoms with Crippen LogP contribution in [0.25, 0.3) is 27.6 Å². The molecule has 6 rings (SSSR count). The topological polar surface area (TPSA) is 44.1 Å². The van der Waals surface area contributed by atoms with Crippen LogP contribution in [0.4, 0.5) is 22.0 Å². The fourth-order valence-electron chi connectivity index (χ4n) is 5.35. The Bertz CT molecular complexity index is 2110. The van der Waals surface area contributed by atoms with Gasteiger partial charge >= 0.3 is 5.97 Å². The molecule has 1 unspecified atom stereocenters. The lowest BCUT2D eigenvalue weighted by atomic mass is 9.88. The van der Waals surface area contributed by atoms with E-state index < -0.39 is 46.7 Å². The quantitative estimate of drug-likeness (QED) is 0.0789. The molecule has 0 amide bonds. The smallest absolute Gasteiger partial charge is 0.345 e. The first-order valence-corrected chi connectivity index (χ1v) is 14.6. The fraction of sp³-hybridized carbons (Fsp3) is 0.143. The highest BCUT2D eigenvalue weighted by molar-refractivity contribution is 9.10. The van der Waals surface area contributed by atoms with Crippen LogP contribution in [0.2, 0.25) is 0 Å². The molecule has 0 aliphatic rings. The van der Waals surface area contributed by atoms with Crippen molar-refractivity contribution in [2.75, 3.05) is 0 Å². The lowest BCUT2D eigenvalue weighted by Gasteiger charge is -2.21. The van der Waals surface area contributed by atoms with Crippen LogP contribution in [0.3, 0.4) is 0 Å². The van der Waals surface area contributed by atoms with Gasteiger partial charge in [0.1, 0.15) is 11.4 Å². The highest BCUT2D eigenvalue weighted by Crippen LogP contribution is 2.37. The molecule has 0 bridgehead atoms. The largest absolute Gasteiger partial charge is 0.449 e. The van der Waals surface area contributed by atoms with Crippen molar-refractivity contribution in [2.45, 2.75) is 32.3 Å². The summed E-state index contributed by atoms with van der Waals surface area (Å²) in [5.41, 5.74) is 1.54. The third kappa shape index (κ3) is 5.37. The maximum atomic E-state index is 14.6. The van der Waals surface area contributed by atoms with E-state index in [0.717, 1.165) is 21.9 Å². The van der Waals surface area contributed by atoms with Gasteiger partial charge in [0.2, 0.25) is 5.82 Å². The number of para-hydroxylation sites is 1. The predicted octanol–water partition coefficient (Wildman–Crippen LogP) is 9.88. The number of carbonyl (C=O) groups excluding carboxylic acids is 1. The average molecular weight is 679 g/mol. The first-order chi connectivity index (χ1) is 21.4. The SMILES string of the molecule is CC(C)(C)c1ccnc(-n2c3ccccc3c3ccc(C(OC(=O)c4c(F)c(F)c(F)c(F)c4F)c4cccc(Br)c4)cc32)c1. The number of esters is 1. The van der Waals surface area contributed by atoms with Gasteiger partial charge in [-0.2, -0.15) is 0 Å². The third-order valence-corrected chi connectivity index (χ3v) is 8.12. The first kappa shape index (κ1) is 30.5. The van der Waals surface area contributed by atoms with E-state index in [4.69, 9.17) is 4.74 Å². The van der Waals surface area contributed by atoms with Crippen LogP contribution >= 0.6 is 15.9 Å². The van der Waals surface area contributed by atoms with Crippen molar-refractivity contribution in [3.8, 4) is 5.82 Å². The molecule has 0 N–H and O–H groups in total. The van der Waals surface area contributed by atoms with Gasteiger partial charge < -0.3 is 4.74 Å². The van der Waals surface area contributed by atoms with Gasteiger partial charge in [0.25, 0.3) is 0 Å². The van der Waals surface area contributed by atoms with Crippen molar-refractivity contribution in [3.63, 3.8) is 0 Å². The summed E-state index contributed by atoms with van der Waals surface area (Å²) < 4.78 is 79.1. The molecule has 0 saturated heterocycles. The molecule has 0 saturated carbocycles. The fourth-order valence-corrected chi connectivity index (χ4v) is 5.77. The Morgan fingerprint density at radius 2 is 1.40 bits per heavy atom. The Balaban J connectivity index is 1.56. The minimum absolute atomic E-state index is 0.161. The van der Waals surface area contributed by atoms with Gasteiger partial charge in [-0.15, -0.1) is 0 Å². The maximum absolute atomic E-state index is 14.6. The van der Waals surface area contributed by atoms with E-state index in [2.05, 4.69) is 41.7 Å². The van der Waals surface area contributed by atoms with Crippen LogP contribution in [-0.2, 0) is 10.2 Å². The summed E-state index contributed by atoms with van der Waals surface area (Å²) in [6.45, 7) is 6.28. The standard InChI is InChI=1S/C35H24BrF5N2O2/c1-35(2,3)20-13-14-42-26(17-20)43-24-10-5-4-9-22(24)23-12-11-19(16-25(23)43)33(18-7-6-8-21(36)15-18)45-34(44)27-28(37)30(39)32(41)31(40)29(27)38/h4-17,33H,1-3H3. The van der Waals surface area contributed by atoms with Gasteiger partial charge in [0.05, 0.1) is 11.0 Å². The third-order valence-electron chi connectivity index (χ3n) is 7.63. The van der Waals surface area contributed by atoms with E-state index in [0.29, 0.717) is 26.9 Å². The van der Waals surface area contributed by atoms with Gasteiger partial charge in [0, 0.05) is 21.4 Å². The summed E-state index contributed by atoms with van der Waals surface area (Å²) >= 11 is 3.38. The molecule has 0 radical (unpaired) electrons. The summed E-state index contributed by atoms with van der Waals surface area (Å²) in [4.78, 5) is 17.8. The molecule has 228 valence electrons. The van der Waals surface area contributed by atoms with E-state index in [1.165, 1.54) is 0 Å². The number of rotatable bonds is 5. The van der Waals surface area contributed by atoms with Gasteiger partial charge in [0.15, 0.2) is 29.4 Å². The summed E-state index contributed by atoms with van der Waals surface area (Å²) in [6, 6.07) is 23.6. The van der Waals surface area contributed by atoms with Crippen LogP contribution < -0.4 is 0 Å². The number of ether oxygens (including phenoxy) is 1. The van der Waals surface area contributed by atoms with Gasteiger partial charge in [-0.05, 0) is 58.5 Å². The van der Waals surface area contributed by atoms with Crippen molar-refractivity contribution < 1.29 is 31.5 Å². The lowest BCUT2D eigenvalue weighted by Crippen LogP contribution is -2.18. The second-order valence-corrected chi connectivity index (χ2v) is 12.5. The zero-order valence-electron chi connectivity index (χ0n) is 24.1. The summed E-state index contributed by atoms with van der Waals surface area (Å²) in [6.07, 6.45) is 0.436. The number of aromatic nitrogens is 2. The van der Waals surface area contributed by atoms with E-state index in [9.17, 15) is 26.7 Å². The van der Waals surface area contributed by atoms with Gasteiger partial charge in [-0.1, -0.05) is 79.2 Å². The Labute approximate surface area is 263 Å². The van der Waals surface area contributed by atoms with Crippen LogP contribution in [-0.4, -0.2) is 15.5 Å². The van der Waals surface area contributed by atoms with Gasteiger partial charge in [-0.3, -0.25) is 4.57 Å². The highest BCUT2D eigenvalue weighted by Gasteiger charge is 2.33. The second kappa shape index (κ2) is 11.4. The van der Waals surface area contributed by atoms with E-state index in [1.807, 2.05) is 47.0 Å². The Morgan fingerprint density at radius 1 is 0.756 bits per heavy atom. The molecule has 1 atom stereocenters. The number of hydrogen-bond donors (Lipinski definition) is 0.